The zero-order chi connectivity index (χ0) is 24.7. The van der Waals surface area contributed by atoms with Crippen molar-refractivity contribution in [2.24, 2.45) is 7.05 Å². The van der Waals surface area contributed by atoms with E-state index in [9.17, 15) is 13.5 Å². The Labute approximate surface area is 203 Å². The lowest BCUT2D eigenvalue weighted by atomic mass is 9.87. The molecule has 178 valence electrons. The Morgan fingerprint density at radius 1 is 1.18 bits per heavy atom. The van der Waals surface area contributed by atoms with Crippen molar-refractivity contribution in [1.29, 1.82) is 0 Å². The second-order valence-electron chi connectivity index (χ2n) is 8.34. The number of ether oxygens (including phenoxy) is 1. The van der Waals surface area contributed by atoms with Gasteiger partial charge in [0.2, 0.25) is 5.88 Å². The molecule has 1 atom stereocenters. The minimum absolute atomic E-state index is 0.254. The highest BCUT2D eigenvalue weighted by molar-refractivity contribution is 7.90. The summed E-state index contributed by atoms with van der Waals surface area (Å²) in [6, 6.07) is 12.2. The van der Waals surface area contributed by atoms with Gasteiger partial charge in [-0.15, -0.1) is 0 Å². The molecule has 2 aromatic heterocycles. The second-order valence-corrected chi connectivity index (χ2v) is 10.7. The molecule has 0 aliphatic heterocycles. The van der Waals surface area contributed by atoms with E-state index >= 15 is 0 Å². The first-order chi connectivity index (χ1) is 16.1. The van der Waals surface area contributed by atoms with E-state index < -0.39 is 15.4 Å². The van der Waals surface area contributed by atoms with Gasteiger partial charge in [0.1, 0.15) is 5.60 Å². The van der Waals surface area contributed by atoms with E-state index in [4.69, 9.17) is 16.3 Å². The summed E-state index contributed by atoms with van der Waals surface area (Å²) in [4.78, 5) is 9.05. The first kappa shape index (κ1) is 24.2. The number of aromatic nitrogens is 3. The highest BCUT2D eigenvalue weighted by atomic mass is 35.5. The number of fused-ring (bicyclic) bond motifs is 1. The van der Waals surface area contributed by atoms with Gasteiger partial charge < -0.3 is 14.4 Å². The Morgan fingerprint density at radius 3 is 2.44 bits per heavy atom. The minimum Gasteiger partial charge on any atom is -0.481 e. The molecule has 1 unspecified atom stereocenters. The third kappa shape index (κ3) is 4.29. The van der Waals surface area contributed by atoms with Crippen LogP contribution in [-0.2, 0) is 28.9 Å². The summed E-state index contributed by atoms with van der Waals surface area (Å²) in [7, 11) is 0.101. The third-order valence-corrected chi connectivity index (χ3v) is 7.69. The molecule has 0 radical (unpaired) electrons. The summed E-state index contributed by atoms with van der Waals surface area (Å²) in [5.41, 5.74) is 2.31. The van der Waals surface area contributed by atoms with E-state index in [1.807, 2.05) is 32.2 Å². The summed E-state index contributed by atoms with van der Waals surface area (Å²) >= 11 is 6.89. The molecule has 2 aromatic carbocycles. The van der Waals surface area contributed by atoms with Crippen LogP contribution in [0.1, 0.15) is 35.7 Å². The van der Waals surface area contributed by atoms with Crippen molar-refractivity contribution in [2.45, 2.75) is 30.3 Å². The first-order valence-electron chi connectivity index (χ1n) is 10.7. The molecule has 4 aromatic rings. The lowest BCUT2D eigenvalue weighted by Crippen LogP contribution is -2.28. The molecule has 0 amide bonds. The monoisotopic (exact) mass is 499 g/mol. The van der Waals surface area contributed by atoms with Crippen LogP contribution in [0.5, 0.6) is 5.88 Å². The van der Waals surface area contributed by atoms with Crippen LogP contribution in [0.4, 0.5) is 0 Å². The molecule has 2 heterocycles. The molecule has 9 heteroatoms. The van der Waals surface area contributed by atoms with Crippen LogP contribution in [0, 0.1) is 0 Å². The van der Waals surface area contributed by atoms with E-state index in [-0.39, 0.29) is 4.90 Å². The maximum absolute atomic E-state index is 11.8. The number of rotatable bonds is 7. The van der Waals surface area contributed by atoms with Crippen molar-refractivity contribution in [3.05, 3.63) is 82.4 Å². The molecule has 0 saturated heterocycles. The maximum Gasteiger partial charge on any atom is 0.218 e. The quantitative estimate of drug-likeness (QED) is 0.408. The summed E-state index contributed by atoms with van der Waals surface area (Å²) < 4.78 is 30.9. The molecule has 34 heavy (non-hydrogen) atoms. The van der Waals surface area contributed by atoms with Crippen LogP contribution in [0.15, 0.2) is 59.9 Å². The van der Waals surface area contributed by atoms with E-state index in [1.54, 1.807) is 41.4 Å². The molecule has 7 nitrogen and oxygen atoms in total. The molecule has 0 fully saturated rings. The number of sulfone groups is 1. The van der Waals surface area contributed by atoms with Crippen molar-refractivity contribution >= 4 is 32.3 Å². The van der Waals surface area contributed by atoms with Crippen LogP contribution in [0.25, 0.3) is 10.9 Å². The molecule has 0 aliphatic carbocycles. The Balaban J connectivity index is 1.82. The molecular formula is C25H26ClN3O4S. The Hall–Kier alpha value is -2.94. The second kappa shape index (κ2) is 9.02. The highest BCUT2D eigenvalue weighted by Gasteiger charge is 2.33. The standard InChI is InChI=1S/C25H26ClN3O4S/c1-5-25(30,22-14-27-15-29(22)2)17-8-11-21-19(13-17)23(26)20(24(28-21)33-3)12-16-6-9-18(10-7-16)34(4,31)32/h6-11,13-15,30H,5,12H2,1-4H3. The van der Waals surface area contributed by atoms with Gasteiger partial charge in [-0.3, -0.25) is 0 Å². The predicted octanol–water partition coefficient (Wildman–Crippen LogP) is 4.27. The summed E-state index contributed by atoms with van der Waals surface area (Å²) in [5, 5.41) is 12.7. The van der Waals surface area contributed by atoms with Gasteiger partial charge >= 0.3 is 0 Å². The average Bonchev–Trinajstić information content (AvgIpc) is 3.26. The molecule has 0 spiro atoms. The number of nitrogens with zero attached hydrogens (tertiary/aromatic N) is 3. The van der Waals surface area contributed by atoms with Gasteiger partial charge in [0.05, 0.1) is 40.8 Å². The van der Waals surface area contributed by atoms with E-state index in [2.05, 4.69) is 9.97 Å². The van der Waals surface area contributed by atoms with Gasteiger partial charge in [0.25, 0.3) is 0 Å². The number of imidazole rings is 1. The van der Waals surface area contributed by atoms with E-state index in [1.165, 1.54) is 13.4 Å². The number of halogens is 1. The zero-order valence-electron chi connectivity index (χ0n) is 19.4. The van der Waals surface area contributed by atoms with Gasteiger partial charge in [-0.2, -0.15) is 0 Å². The molecule has 0 aliphatic rings. The molecule has 4 rings (SSSR count). The molecule has 1 N–H and O–H groups in total. The van der Waals surface area contributed by atoms with Crippen LogP contribution in [-0.4, -0.2) is 41.4 Å². The first-order valence-corrected chi connectivity index (χ1v) is 13.0. The topological polar surface area (TPSA) is 94.3 Å². The predicted molar refractivity (Wildman–Crippen MR) is 132 cm³/mol. The van der Waals surface area contributed by atoms with Crippen molar-refractivity contribution in [2.75, 3.05) is 13.4 Å². The van der Waals surface area contributed by atoms with Crippen molar-refractivity contribution < 1.29 is 18.3 Å². The van der Waals surface area contributed by atoms with Gasteiger partial charge in [0.15, 0.2) is 9.84 Å². The lowest BCUT2D eigenvalue weighted by Gasteiger charge is -2.28. The van der Waals surface area contributed by atoms with Crippen molar-refractivity contribution in [1.82, 2.24) is 14.5 Å². The van der Waals surface area contributed by atoms with Gasteiger partial charge in [0, 0.05) is 30.7 Å². The van der Waals surface area contributed by atoms with Gasteiger partial charge in [-0.1, -0.05) is 36.7 Å². The Bertz CT molecular complexity index is 1470. The van der Waals surface area contributed by atoms with Crippen molar-refractivity contribution in [3.8, 4) is 5.88 Å². The highest BCUT2D eigenvalue weighted by Crippen LogP contribution is 2.38. The Kier molecular flexibility index (Phi) is 6.42. The summed E-state index contributed by atoms with van der Waals surface area (Å²) in [6.07, 6.45) is 5.34. The summed E-state index contributed by atoms with van der Waals surface area (Å²) in [5.74, 6) is 0.398. The number of hydrogen-bond donors (Lipinski definition) is 1. The fourth-order valence-corrected chi connectivity index (χ4v) is 5.10. The average molecular weight is 500 g/mol. The SMILES string of the molecule is CCC(O)(c1ccc2nc(OC)c(Cc3ccc(S(C)(=O)=O)cc3)c(Cl)c2c1)c1cncn1C. The van der Waals surface area contributed by atoms with Gasteiger partial charge in [-0.25, -0.2) is 18.4 Å². The summed E-state index contributed by atoms with van der Waals surface area (Å²) in [6.45, 7) is 1.91. The Morgan fingerprint density at radius 2 is 1.88 bits per heavy atom. The van der Waals surface area contributed by atoms with Crippen LogP contribution < -0.4 is 4.74 Å². The molecular weight excluding hydrogens is 474 g/mol. The normalized spacial score (nSPS) is 13.7. The third-order valence-electron chi connectivity index (χ3n) is 6.13. The number of methoxy groups -OCH3 is 1. The van der Waals surface area contributed by atoms with E-state index in [0.717, 1.165) is 5.56 Å². The van der Waals surface area contributed by atoms with Crippen molar-refractivity contribution in [3.63, 3.8) is 0 Å². The lowest BCUT2D eigenvalue weighted by molar-refractivity contribution is 0.0690. The minimum atomic E-state index is -3.28. The smallest absolute Gasteiger partial charge is 0.218 e. The molecule has 0 saturated carbocycles. The number of aliphatic hydroxyl groups is 1. The van der Waals surface area contributed by atoms with E-state index in [0.29, 0.717) is 51.5 Å². The zero-order valence-corrected chi connectivity index (χ0v) is 21.0. The fraction of sp³-hybridized carbons (Fsp3) is 0.280. The number of pyridine rings is 1. The largest absolute Gasteiger partial charge is 0.481 e. The van der Waals surface area contributed by atoms with Gasteiger partial charge in [-0.05, 0) is 41.8 Å². The maximum atomic E-state index is 11.8. The number of benzene rings is 2. The fourth-order valence-electron chi connectivity index (χ4n) is 4.17. The van der Waals surface area contributed by atoms with Crippen LogP contribution in [0.3, 0.4) is 0 Å². The number of hydrogen-bond acceptors (Lipinski definition) is 6. The van der Waals surface area contributed by atoms with Crippen LogP contribution in [0.2, 0.25) is 5.02 Å². The van der Waals surface area contributed by atoms with Crippen LogP contribution >= 0.6 is 11.6 Å². The number of aryl methyl sites for hydroxylation is 1. The molecule has 0 bridgehead atoms.